The number of halogens is 1. The fraction of sp³-hybridized carbons (Fsp3) is 0.364. The number of benzene rings is 2. The van der Waals surface area contributed by atoms with E-state index in [0.29, 0.717) is 16.7 Å². The summed E-state index contributed by atoms with van der Waals surface area (Å²) in [4.78, 5) is 0. The van der Waals surface area contributed by atoms with Crippen LogP contribution in [-0.4, -0.2) is 38.3 Å². The molecule has 0 amide bonds. The summed E-state index contributed by atoms with van der Waals surface area (Å²) < 4.78 is 21.0. The first-order chi connectivity index (χ1) is 14.1. The lowest BCUT2D eigenvalue weighted by Crippen LogP contribution is -2.22. The average Bonchev–Trinajstić information content (AvgIpc) is 3.11. The number of aliphatic hydroxyl groups is 1. The van der Waals surface area contributed by atoms with Crippen molar-refractivity contribution in [3.8, 4) is 11.4 Å². The van der Waals surface area contributed by atoms with Crippen molar-refractivity contribution in [1.29, 1.82) is 0 Å². The fourth-order valence-electron chi connectivity index (χ4n) is 3.62. The highest BCUT2D eigenvalue weighted by molar-refractivity contribution is 7.99. The molecule has 1 aliphatic carbocycles. The van der Waals surface area contributed by atoms with Gasteiger partial charge in [-0.3, -0.25) is 0 Å². The highest BCUT2D eigenvalue weighted by Crippen LogP contribution is 2.32. The van der Waals surface area contributed by atoms with E-state index in [4.69, 9.17) is 4.74 Å². The maximum atomic E-state index is 13.1. The summed E-state index contributed by atoms with van der Waals surface area (Å²) in [6, 6.07) is 14.5. The molecule has 4 rings (SSSR count). The van der Waals surface area contributed by atoms with Crippen LogP contribution in [0.2, 0.25) is 0 Å². The van der Waals surface area contributed by atoms with Gasteiger partial charge in [0.2, 0.25) is 0 Å². The van der Waals surface area contributed by atoms with Crippen LogP contribution in [0.5, 0.6) is 0 Å². The third kappa shape index (κ3) is 4.69. The van der Waals surface area contributed by atoms with Gasteiger partial charge in [-0.05, 0) is 54.7 Å². The Bertz CT molecular complexity index is 961. The molecule has 0 spiro atoms. The Morgan fingerprint density at radius 2 is 2.00 bits per heavy atom. The largest absolute Gasteiger partial charge is 0.390 e. The number of aliphatic hydroxyl groups excluding tert-OH is 1. The normalized spacial score (nSPS) is 17.1. The Morgan fingerprint density at radius 1 is 1.21 bits per heavy atom. The van der Waals surface area contributed by atoms with E-state index < -0.39 is 6.10 Å². The monoisotopic (exact) mass is 413 g/mol. The third-order valence-corrected chi connectivity index (χ3v) is 6.31. The van der Waals surface area contributed by atoms with Crippen LogP contribution in [0.1, 0.15) is 30.1 Å². The van der Waals surface area contributed by atoms with Crippen molar-refractivity contribution >= 4 is 11.8 Å². The Morgan fingerprint density at radius 3 is 2.83 bits per heavy atom. The molecule has 0 bridgehead atoms. The highest BCUT2D eigenvalue weighted by atomic mass is 32.2. The molecule has 1 heterocycles. The molecule has 152 valence electrons. The zero-order valence-electron chi connectivity index (χ0n) is 16.3. The highest BCUT2D eigenvalue weighted by Gasteiger charge is 2.21. The summed E-state index contributed by atoms with van der Waals surface area (Å²) >= 11 is 1.43. The molecule has 29 heavy (non-hydrogen) atoms. The van der Waals surface area contributed by atoms with E-state index in [0.717, 1.165) is 24.8 Å². The predicted molar refractivity (Wildman–Crippen MR) is 111 cm³/mol. The van der Waals surface area contributed by atoms with E-state index >= 15 is 0 Å². The van der Waals surface area contributed by atoms with E-state index in [1.165, 1.54) is 35.0 Å². The van der Waals surface area contributed by atoms with E-state index in [1.54, 1.807) is 12.1 Å². The van der Waals surface area contributed by atoms with Gasteiger partial charge in [-0.1, -0.05) is 36.0 Å². The molecule has 1 N–H and O–H groups in total. The lowest BCUT2D eigenvalue weighted by Gasteiger charge is -2.26. The maximum absolute atomic E-state index is 13.1. The van der Waals surface area contributed by atoms with Crippen LogP contribution in [0.3, 0.4) is 0 Å². The van der Waals surface area contributed by atoms with Gasteiger partial charge in [-0.25, -0.2) is 4.39 Å². The van der Waals surface area contributed by atoms with Gasteiger partial charge in [-0.2, -0.15) is 0 Å². The standard InChI is InChI=1S/C22H24FN3O2S/c1-26-21(16-9-11-17(23)12-10-16)24-25-22(26)29-14-18(27)13-28-20-8-4-6-15-5-2-3-7-19(15)20/h2-3,5,7,9-12,18,20,27H,4,6,8,13-14H2,1H3/t18-,20-/m0/s1. The molecule has 2 atom stereocenters. The molecule has 2 aromatic carbocycles. The number of hydrogen-bond donors (Lipinski definition) is 1. The average molecular weight is 414 g/mol. The number of aromatic nitrogens is 3. The van der Waals surface area contributed by atoms with E-state index in [9.17, 15) is 9.50 Å². The predicted octanol–water partition coefficient (Wildman–Crippen LogP) is 4.17. The molecule has 0 unspecified atom stereocenters. The summed E-state index contributed by atoms with van der Waals surface area (Å²) in [7, 11) is 1.86. The Balaban J connectivity index is 1.31. The summed E-state index contributed by atoms with van der Waals surface area (Å²) in [6.07, 6.45) is 2.65. The molecule has 0 saturated heterocycles. The summed E-state index contributed by atoms with van der Waals surface area (Å²) in [6.45, 7) is 0.286. The second-order valence-corrected chi connectivity index (χ2v) is 8.24. The zero-order valence-corrected chi connectivity index (χ0v) is 17.1. The van der Waals surface area contributed by atoms with Crippen LogP contribution in [-0.2, 0) is 18.2 Å². The third-order valence-electron chi connectivity index (χ3n) is 5.15. The molecule has 0 radical (unpaired) electrons. The minimum Gasteiger partial charge on any atom is -0.390 e. The van der Waals surface area contributed by atoms with E-state index in [-0.39, 0.29) is 18.5 Å². The van der Waals surface area contributed by atoms with Crippen LogP contribution in [0.15, 0.2) is 53.7 Å². The number of nitrogens with zero attached hydrogens (tertiary/aromatic N) is 3. The van der Waals surface area contributed by atoms with Crippen molar-refractivity contribution in [2.75, 3.05) is 12.4 Å². The van der Waals surface area contributed by atoms with Crippen molar-refractivity contribution in [2.45, 2.75) is 36.6 Å². The number of ether oxygens (including phenoxy) is 1. The van der Waals surface area contributed by atoms with Crippen molar-refractivity contribution in [2.24, 2.45) is 7.05 Å². The summed E-state index contributed by atoms with van der Waals surface area (Å²) in [5.41, 5.74) is 3.39. The number of fused-ring (bicyclic) bond motifs is 1. The van der Waals surface area contributed by atoms with E-state index in [1.807, 2.05) is 17.7 Å². The van der Waals surface area contributed by atoms with Gasteiger partial charge >= 0.3 is 0 Å². The van der Waals surface area contributed by atoms with Crippen LogP contribution in [0.4, 0.5) is 4.39 Å². The molecule has 5 nitrogen and oxygen atoms in total. The molecule has 7 heteroatoms. The van der Waals surface area contributed by atoms with Crippen molar-refractivity contribution < 1.29 is 14.2 Å². The fourth-order valence-corrected chi connectivity index (χ4v) is 4.44. The van der Waals surface area contributed by atoms with Gasteiger partial charge in [0.25, 0.3) is 0 Å². The lowest BCUT2D eigenvalue weighted by atomic mass is 9.89. The van der Waals surface area contributed by atoms with Gasteiger partial charge in [-0.15, -0.1) is 10.2 Å². The molecule has 0 aliphatic heterocycles. The van der Waals surface area contributed by atoms with Crippen LogP contribution >= 0.6 is 11.8 Å². The Hall–Kier alpha value is -2.22. The van der Waals surface area contributed by atoms with Crippen LogP contribution in [0, 0.1) is 5.82 Å². The minimum atomic E-state index is -0.597. The number of hydrogen-bond acceptors (Lipinski definition) is 5. The maximum Gasteiger partial charge on any atom is 0.191 e. The molecular formula is C22H24FN3O2S. The zero-order chi connectivity index (χ0) is 20.2. The van der Waals surface area contributed by atoms with Crippen LogP contribution < -0.4 is 0 Å². The van der Waals surface area contributed by atoms with Crippen LogP contribution in [0.25, 0.3) is 11.4 Å². The second-order valence-electron chi connectivity index (χ2n) is 7.25. The smallest absolute Gasteiger partial charge is 0.191 e. The minimum absolute atomic E-state index is 0.0551. The van der Waals surface area contributed by atoms with Gasteiger partial charge in [0.1, 0.15) is 5.82 Å². The second kappa shape index (κ2) is 9.07. The SMILES string of the molecule is Cn1c(SC[C@@H](O)CO[C@H]2CCCc3ccccc32)nnc1-c1ccc(F)cc1. The Labute approximate surface area is 173 Å². The van der Waals surface area contributed by atoms with Crippen molar-refractivity contribution in [3.63, 3.8) is 0 Å². The number of thioether (sulfide) groups is 1. The lowest BCUT2D eigenvalue weighted by molar-refractivity contribution is -0.00960. The van der Waals surface area contributed by atoms with Gasteiger partial charge in [0, 0.05) is 18.4 Å². The first-order valence-electron chi connectivity index (χ1n) is 9.77. The molecule has 3 aromatic rings. The summed E-state index contributed by atoms with van der Waals surface area (Å²) in [5, 5.41) is 19.5. The van der Waals surface area contributed by atoms with Gasteiger partial charge in [0.05, 0.1) is 18.8 Å². The van der Waals surface area contributed by atoms with Gasteiger partial charge < -0.3 is 14.4 Å². The quantitative estimate of drug-likeness (QED) is 0.589. The molecule has 1 aromatic heterocycles. The first kappa shape index (κ1) is 20.1. The molecular weight excluding hydrogens is 389 g/mol. The van der Waals surface area contributed by atoms with Crippen molar-refractivity contribution in [1.82, 2.24) is 14.8 Å². The molecule has 1 aliphatic rings. The molecule has 0 saturated carbocycles. The Kier molecular flexibility index (Phi) is 6.28. The summed E-state index contributed by atoms with van der Waals surface area (Å²) in [5.74, 6) is 0.843. The topological polar surface area (TPSA) is 60.2 Å². The van der Waals surface area contributed by atoms with E-state index in [2.05, 4.69) is 28.4 Å². The van der Waals surface area contributed by atoms with Gasteiger partial charge in [0.15, 0.2) is 11.0 Å². The van der Waals surface area contributed by atoms with Crippen molar-refractivity contribution in [3.05, 3.63) is 65.5 Å². The molecule has 0 fully saturated rings. The number of aryl methyl sites for hydroxylation is 1. The first-order valence-corrected chi connectivity index (χ1v) is 10.8. The number of rotatable bonds is 7.